The molecule has 2 heterocycles. The van der Waals surface area contributed by atoms with E-state index in [9.17, 15) is 9.18 Å². The van der Waals surface area contributed by atoms with Crippen LogP contribution >= 0.6 is 0 Å². The Bertz CT molecular complexity index is 652. The Morgan fingerprint density at radius 2 is 2.19 bits per heavy atom. The monoisotopic (exact) mass is 287 g/mol. The molecule has 1 atom stereocenters. The number of nitrogens with zero attached hydrogens (tertiary/aromatic N) is 3. The van der Waals surface area contributed by atoms with Gasteiger partial charge in [0.1, 0.15) is 11.5 Å². The Balaban J connectivity index is 1.91. The van der Waals surface area contributed by atoms with Gasteiger partial charge in [-0.15, -0.1) is 0 Å². The van der Waals surface area contributed by atoms with E-state index in [4.69, 9.17) is 0 Å². The van der Waals surface area contributed by atoms with E-state index in [0.717, 1.165) is 12.8 Å². The summed E-state index contributed by atoms with van der Waals surface area (Å²) in [6, 6.07) is 8.25. The van der Waals surface area contributed by atoms with Gasteiger partial charge < -0.3 is 4.90 Å². The molecule has 0 saturated carbocycles. The lowest BCUT2D eigenvalue weighted by atomic mass is 10.0. The maximum absolute atomic E-state index is 14.0. The number of hydrogen-bond acceptors (Lipinski definition) is 2. The van der Waals surface area contributed by atoms with Gasteiger partial charge in [0, 0.05) is 24.8 Å². The molecule has 1 saturated heterocycles. The number of likely N-dealkylation sites (tertiary alicyclic amines) is 1. The van der Waals surface area contributed by atoms with Gasteiger partial charge in [0.25, 0.3) is 5.91 Å². The molecule has 4 nitrogen and oxygen atoms in total. The molecule has 1 amide bonds. The van der Waals surface area contributed by atoms with Gasteiger partial charge in [-0.25, -0.2) is 4.39 Å². The van der Waals surface area contributed by atoms with Gasteiger partial charge >= 0.3 is 0 Å². The van der Waals surface area contributed by atoms with E-state index >= 15 is 0 Å². The molecular weight excluding hydrogens is 269 g/mol. The van der Waals surface area contributed by atoms with Crippen molar-refractivity contribution >= 4 is 5.91 Å². The number of carbonyl (C=O) groups is 1. The Morgan fingerprint density at radius 1 is 1.38 bits per heavy atom. The third-order valence-corrected chi connectivity index (χ3v) is 4.01. The molecule has 0 aliphatic carbocycles. The average Bonchev–Trinajstić information content (AvgIpc) is 3.16. The quantitative estimate of drug-likeness (QED) is 0.870. The molecule has 0 bridgehead atoms. The molecule has 1 unspecified atom stereocenters. The second-order valence-corrected chi connectivity index (χ2v) is 5.21. The number of amides is 1. The Hall–Kier alpha value is -2.17. The number of benzene rings is 1. The van der Waals surface area contributed by atoms with Gasteiger partial charge in [0.15, 0.2) is 0 Å². The van der Waals surface area contributed by atoms with Crippen molar-refractivity contribution in [3.8, 4) is 0 Å². The van der Waals surface area contributed by atoms with E-state index in [1.54, 1.807) is 34.0 Å². The van der Waals surface area contributed by atoms with Crippen LogP contribution in [0.25, 0.3) is 0 Å². The molecule has 5 heteroatoms. The van der Waals surface area contributed by atoms with Crippen LogP contribution in [0.3, 0.4) is 0 Å². The SMILES string of the molecule is CCn1nccc1C(=O)N1CCCC1c1ccccc1F. The van der Waals surface area contributed by atoms with Gasteiger partial charge in [-0.3, -0.25) is 9.48 Å². The zero-order valence-corrected chi connectivity index (χ0v) is 12.0. The van der Waals surface area contributed by atoms with E-state index in [1.165, 1.54) is 6.07 Å². The molecule has 1 aromatic heterocycles. The van der Waals surface area contributed by atoms with Gasteiger partial charge in [0.2, 0.25) is 0 Å². The molecule has 0 radical (unpaired) electrons. The van der Waals surface area contributed by atoms with Gasteiger partial charge in [-0.1, -0.05) is 18.2 Å². The number of aryl methyl sites for hydroxylation is 1. The average molecular weight is 287 g/mol. The van der Waals surface area contributed by atoms with Crippen LogP contribution in [-0.2, 0) is 6.54 Å². The summed E-state index contributed by atoms with van der Waals surface area (Å²) in [6.45, 7) is 3.25. The second kappa shape index (κ2) is 5.68. The fourth-order valence-electron chi connectivity index (χ4n) is 2.99. The van der Waals surface area contributed by atoms with Crippen LogP contribution in [0.5, 0.6) is 0 Å². The third kappa shape index (κ3) is 2.44. The van der Waals surface area contributed by atoms with E-state index in [1.807, 2.05) is 13.0 Å². The molecule has 1 aliphatic heterocycles. The lowest BCUT2D eigenvalue weighted by molar-refractivity contribution is 0.0721. The minimum atomic E-state index is -0.244. The summed E-state index contributed by atoms with van der Waals surface area (Å²) in [4.78, 5) is 14.5. The van der Waals surface area contributed by atoms with Crippen molar-refractivity contribution in [1.29, 1.82) is 0 Å². The zero-order valence-electron chi connectivity index (χ0n) is 12.0. The van der Waals surface area contributed by atoms with Crippen molar-refractivity contribution in [1.82, 2.24) is 14.7 Å². The topological polar surface area (TPSA) is 38.1 Å². The maximum atomic E-state index is 14.0. The summed E-state index contributed by atoms with van der Waals surface area (Å²) in [5.74, 6) is -0.314. The summed E-state index contributed by atoms with van der Waals surface area (Å²) >= 11 is 0. The van der Waals surface area contributed by atoms with Crippen molar-refractivity contribution in [2.75, 3.05) is 6.54 Å². The molecule has 110 valence electrons. The number of hydrogen-bond donors (Lipinski definition) is 0. The molecular formula is C16H18FN3O. The Morgan fingerprint density at radius 3 is 2.95 bits per heavy atom. The van der Waals surface area contributed by atoms with Crippen LogP contribution in [0.4, 0.5) is 4.39 Å². The second-order valence-electron chi connectivity index (χ2n) is 5.21. The fourth-order valence-corrected chi connectivity index (χ4v) is 2.99. The number of aromatic nitrogens is 2. The van der Waals surface area contributed by atoms with Gasteiger partial charge in [-0.2, -0.15) is 5.10 Å². The number of rotatable bonds is 3. The van der Waals surface area contributed by atoms with Crippen molar-refractivity contribution in [2.45, 2.75) is 32.4 Å². The summed E-state index contributed by atoms with van der Waals surface area (Å²) in [6.07, 6.45) is 3.32. The molecule has 1 aromatic carbocycles. The highest BCUT2D eigenvalue weighted by Gasteiger charge is 2.33. The highest BCUT2D eigenvalue weighted by atomic mass is 19.1. The smallest absolute Gasteiger partial charge is 0.272 e. The lowest BCUT2D eigenvalue weighted by Crippen LogP contribution is -2.32. The summed E-state index contributed by atoms with van der Waals surface area (Å²) in [7, 11) is 0. The summed E-state index contributed by atoms with van der Waals surface area (Å²) in [5, 5.41) is 4.14. The number of halogens is 1. The van der Waals surface area contributed by atoms with Crippen molar-refractivity contribution in [3.63, 3.8) is 0 Å². The highest BCUT2D eigenvalue weighted by molar-refractivity contribution is 5.93. The summed E-state index contributed by atoms with van der Waals surface area (Å²) in [5.41, 5.74) is 1.17. The standard InChI is InChI=1S/C16H18FN3O/c1-2-20-15(9-10-18-20)16(21)19-11-5-8-14(19)12-6-3-4-7-13(12)17/h3-4,6-7,9-10,14H,2,5,8,11H2,1H3. The van der Waals surface area contributed by atoms with Crippen LogP contribution in [0, 0.1) is 5.82 Å². The first-order chi connectivity index (χ1) is 10.2. The van der Waals surface area contributed by atoms with E-state index in [-0.39, 0.29) is 17.8 Å². The van der Waals surface area contributed by atoms with E-state index < -0.39 is 0 Å². The molecule has 0 spiro atoms. The Labute approximate surface area is 123 Å². The maximum Gasteiger partial charge on any atom is 0.272 e. The van der Waals surface area contributed by atoms with Crippen molar-refractivity contribution in [2.24, 2.45) is 0 Å². The largest absolute Gasteiger partial charge is 0.330 e. The van der Waals surface area contributed by atoms with Gasteiger partial charge in [0.05, 0.1) is 6.04 Å². The van der Waals surface area contributed by atoms with Crippen LogP contribution < -0.4 is 0 Å². The van der Waals surface area contributed by atoms with Crippen LogP contribution in [0.1, 0.15) is 41.9 Å². The van der Waals surface area contributed by atoms with E-state index in [2.05, 4.69) is 5.10 Å². The fraction of sp³-hybridized carbons (Fsp3) is 0.375. The van der Waals surface area contributed by atoms with Crippen LogP contribution in [0.15, 0.2) is 36.5 Å². The minimum Gasteiger partial charge on any atom is -0.330 e. The molecule has 21 heavy (non-hydrogen) atoms. The first-order valence-corrected chi connectivity index (χ1v) is 7.29. The number of carbonyl (C=O) groups excluding carboxylic acids is 1. The van der Waals surface area contributed by atoms with E-state index in [0.29, 0.717) is 24.3 Å². The Kier molecular flexibility index (Phi) is 3.73. The predicted molar refractivity (Wildman–Crippen MR) is 77.3 cm³/mol. The first-order valence-electron chi connectivity index (χ1n) is 7.29. The van der Waals surface area contributed by atoms with Crippen LogP contribution in [-0.4, -0.2) is 27.1 Å². The molecule has 2 aromatic rings. The molecule has 1 aliphatic rings. The zero-order chi connectivity index (χ0) is 14.8. The first kappa shape index (κ1) is 13.8. The highest BCUT2D eigenvalue weighted by Crippen LogP contribution is 2.34. The molecule has 1 fully saturated rings. The lowest BCUT2D eigenvalue weighted by Gasteiger charge is -2.25. The minimum absolute atomic E-state index is 0.0693. The molecule has 3 rings (SSSR count). The van der Waals surface area contributed by atoms with Gasteiger partial charge in [-0.05, 0) is 31.9 Å². The molecule has 0 N–H and O–H groups in total. The van der Waals surface area contributed by atoms with Crippen LogP contribution in [0.2, 0.25) is 0 Å². The summed E-state index contributed by atoms with van der Waals surface area (Å²) < 4.78 is 15.7. The van der Waals surface area contributed by atoms with Crippen molar-refractivity contribution in [3.05, 3.63) is 53.6 Å². The predicted octanol–water partition coefficient (Wildman–Crippen LogP) is 3.02. The van der Waals surface area contributed by atoms with Crippen molar-refractivity contribution < 1.29 is 9.18 Å². The third-order valence-electron chi connectivity index (χ3n) is 4.01. The normalized spacial score (nSPS) is 18.2.